The Hall–Kier alpha value is -0.200. The maximum Gasteiger partial charge on any atom is 0.152 e. The maximum atomic E-state index is 11.9. The van der Waals surface area contributed by atoms with Gasteiger partial charge in [0.1, 0.15) is 0 Å². The summed E-state index contributed by atoms with van der Waals surface area (Å²) in [6.07, 6.45) is 1.87. The molecule has 2 N–H and O–H groups in total. The van der Waals surface area contributed by atoms with Gasteiger partial charge in [0.25, 0.3) is 0 Å². The van der Waals surface area contributed by atoms with Gasteiger partial charge in [-0.25, -0.2) is 8.42 Å². The molecule has 1 fully saturated rings. The van der Waals surface area contributed by atoms with Crippen LogP contribution in [0.1, 0.15) is 33.1 Å². The van der Waals surface area contributed by atoms with Crippen LogP contribution in [0.15, 0.2) is 0 Å². The van der Waals surface area contributed by atoms with Gasteiger partial charge in [-0.05, 0) is 26.2 Å². The molecule has 2 atom stereocenters. The largest absolute Gasteiger partial charge is 0.393 e. The van der Waals surface area contributed by atoms with Crippen molar-refractivity contribution in [3.63, 3.8) is 0 Å². The molecule has 1 aliphatic carbocycles. The molecule has 1 aliphatic rings. The first kappa shape index (κ1) is 14.9. The Kier molecular flexibility index (Phi) is 4.92. The second-order valence-electron chi connectivity index (χ2n) is 4.60. The maximum absolute atomic E-state index is 11.9. The highest BCUT2D eigenvalue weighted by Gasteiger charge is 2.45. The van der Waals surface area contributed by atoms with Crippen molar-refractivity contribution in [3.8, 4) is 0 Å². The molecule has 1 saturated carbocycles. The van der Waals surface area contributed by atoms with Crippen molar-refractivity contribution in [2.45, 2.75) is 38.4 Å². The van der Waals surface area contributed by atoms with Crippen molar-refractivity contribution in [3.05, 3.63) is 0 Å². The Morgan fingerprint density at radius 3 is 2.65 bits per heavy atom. The Morgan fingerprint density at radius 1 is 1.53 bits per heavy atom. The molecular weight excluding hydrogens is 258 g/mol. The lowest BCUT2D eigenvalue weighted by Gasteiger charge is -2.27. The zero-order valence-electron chi connectivity index (χ0n) is 10.4. The molecular formula is C11H21NO3S2. The van der Waals surface area contributed by atoms with Crippen LogP contribution in [-0.4, -0.2) is 37.6 Å². The van der Waals surface area contributed by atoms with Gasteiger partial charge >= 0.3 is 0 Å². The summed E-state index contributed by atoms with van der Waals surface area (Å²) >= 11 is 5.10. The lowest BCUT2D eigenvalue weighted by atomic mass is 9.87. The fourth-order valence-corrected chi connectivity index (χ4v) is 4.11. The molecule has 0 spiro atoms. The number of nitrogens with two attached hydrogens (primary N) is 1. The lowest BCUT2D eigenvalue weighted by molar-refractivity contribution is 0.0896. The lowest BCUT2D eigenvalue weighted by Crippen LogP contribution is -2.38. The van der Waals surface area contributed by atoms with Crippen LogP contribution in [0, 0.1) is 5.41 Å². The summed E-state index contributed by atoms with van der Waals surface area (Å²) in [5.74, 6) is 0.180. The van der Waals surface area contributed by atoms with Crippen LogP contribution in [0.2, 0.25) is 0 Å². The van der Waals surface area contributed by atoms with Crippen LogP contribution in [0.4, 0.5) is 0 Å². The molecule has 0 heterocycles. The van der Waals surface area contributed by atoms with Gasteiger partial charge in [0.05, 0.1) is 16.8 Å². The fraction of sp³-hybridized carbons (Fsp3) is 0.909. The van der Waals surface area contributed by atoms with E-state index < -0.39 is 15.3 Å². The van der Waals surface area contributed by atoms with E-state index >= 15 is 0 Å². The highest BCUT2D eigenvalue weighted by Crippen LogP contribution is 2.42. The third kappa shape index (κ3) is 3.17. The van der Waals surface area contributed by atoms with Crippen molar-refractivity contribution in [1.82, 2.24) is 0 Å². The summed E-state index contributed by atoms with van der Waals surface area (Å²) in [5.41, 5.74) is 5.36. The minimum absolute atomic E-state index is 0.180. The number of hydrogen-bond donors (Lipinski definition) is 1. The van der Waals surface area contributed by atoms with E-state index in [1.165, 1.54) is 0 Å². The zero-order chi connectivity index (χ0) is 13.1. The molecule has 0 bridgehead atoms. The van der Waals surface area contributed by atoms with E-state index in [9.17, 15) is 8.42 Å². The van der Waals surface area contributed by atoms with E-state index in [4.69, 9.17) is 22.7 Å². The van der Waals surface area contributed by atoms with Crippen LogP contribution in [0.5, 0.6) is 0 Å². The van der Waals surface area contributed by atoms with Crippen molar-refractivity contribution in [1.29, 1.82) is 0 Å². The fourth-order valence-electron chi connectivity index (χ4n) is 2.34. The van der Waals surface area contributed by atoms with Gasteiger partial charge in [-0.15, -0.1) is 0 Å². The van der Waals surface area contributed by atoms with Gasteiger partial charge in [0.15, 0.2) is 9.84 Å². The number of sulfone groups is 1. The predicted octanol–water partition coefficient (Wildman–Crippen LogP) is 1.28. The quantitative estimate of drug-likeness (QED) is 0.742. The van der Waals surface area contributed by atoms with Crippen LogP contribution in [0.3, 0.4) is 0 Å². The molecule has 0 saturated heterocycles. The third-order valence-electron chi connectivity index (χ3n) is 3.58. The molecule has 17 heavy (non-hydrogen) atoms. The number of rotatable bonds is 6. The SMILES string of the molecule is CCOC[C@@]1(C(N)=S)CC[C@H](S(=O)(=O)CC)C1. The average molecular weight is 279 g/mol. The molecule has 0 unspecified atom stereocenters. The Labute approximate surface area is 109 Å². The first-order valence-electron chi connectivity index (χ1n) is 5.97. The van der Waals surface area contributed by atoms with E-state index in [0.29, 0.717) is 37.5 Å². The molecule has 0 aromatic heterocycles. The van der Waals surface area contributed by atoms with Gasteiger partial charge in [0.2, 0.25) is 0 Å². The topological polar surface area (TPSA) is 69.4 Å². The van der Waals surface area contributed by atoms with Crippen molar-refractivity contribution in [2.75, 3.05) is 19.0 Å². The molecule has 1 rings (SSSR count). The summed E-state index contributed by atoms with van der Waals surface area (Å²) < 4.78 is 29.1. The molecule has 0 aliphatic heterocycles. The van der Waals surface area contributed by atoms with E-state index in [1.54, 1.807) is 6.92 Å². The van der Waals surface area contributed by atoms with Crippen molar-refractivity contribution >= 4 is 27.0 Å². The predicted molar refractivity (Wildman–Crippen MR) is 72.8 cm³/mol. The highest BCUT2D eigenvalue weighted by molar-refractivity contribution is 7.92. The first-order valence-corrected chi connectivity index (χ1v) is 8.09. The number of thiocarbonyl (C=S) groups is 1. The number of hydrogen-bond acceptors (Lipinski definition) is 4. The molecule has 100 valence electrons. The van der Waals surface area contributed by atoms with Gasteiger partial charge in [-0.1, -0.05) is 19.1 Å². The van der Waals surface area contributed by atoms with Gasteiger partial charge < -0.3 is 10.5 Å². The summed E-state index contributed by atoms with van der Waals surface area (Å²) in [6, 6.07) is 0. The van der Waals surface area contributed by atoms with Gasteiger partial charge in [-0.3, -0.25) is 0 Å². The minimum Gasteiger partial charge on any atom is -0.393 e. The van der Waals surface area contributed by atoms with Crippen molar-refractivity contribution in [2.24, 2.45) is 11.1 Å². The first-order chi connectivity index (χ1) is 7.88. The summed E-state index contributed by atoms with van der Waals surface area (Å²) in [4.78, 5) is 0.389. The molecule has 6 heteroatoms. The van der Waals surface area contributed by atoms with E-state index in [2.05, 4.69) is 0 Å². The number of ether oxygens (including phenoxy) is 1. The highest BCUT2D eigenvalue weighted by atomic mass is 32.2. The Bertz CT molecular complexity index is 380. The van der Waals surface area contributed by atoms with Crippen LogP contribution >= 0.6 is 12.2 Å². The van der Waals surface area contributed by atoms with E-state index in [1.807, 2.05) is 6.92 Å². The minimum atomic E-state index is -3.00. The smallest absolute Gasteiger partial charge is 0.152 e. The average Bonchev–Trinajstić information content (AvgIpc) is 2.73. The van der Waals surface area contributed by atoms with Gasteiger partial charge in [0, 0.05) is 17.8 Å². The standard InChI is InChI=1S/C11H21NO3S2/c1-3-15-8-11(10(12)16)6-5-9(7-11)17(13,14)4-2/h9H,3-8H2,1-2H3,(H2,12,16)/t9-,11+/m0/s1. The van der Waals surface area contributed by atoms with Crippen LogP contribution < -0.4 is 5.73 Å². The molecule has 0 aromatic carbocycles. The van der Waals surface area contributed by atoms with Crippen LogP contribution in [0.25, 0.3) is 0 Å². The molecule has 0 amide bonds. The van der Waals surface area contributed by atoms with E-state index in [0.717, 1.165) is 0 Å². The second kappa shape index (κ2) is 5.63. The Balaban J connectivity index is 2.82. The molecule has 4 nitrogen and oxygen atoms in total. The molecule has 0 aromatic rings. The zero-order valence-corrected chi connectivity index (χ0v) is 12.1. The monoisotopic (exact) mass is 279 g/mol. The summed E-state index contributed by atoms with van der Waals surface area (Å²) in [7, 11) is -3.00. The Morgan fingerprint density at radius 2 is 2.18 bits per heavy atom. The van der Waals surface area contributed by atoms with Crippen molar-refractivity contribution < 1.29 is 13.2 Å². The normalized spacial score (nSPS) is 29.4. The second-order valence-corrected chi connectivity index (χ2v) is 7.61. The molecule has 0 radical (unpaired) electrons. The third-order valence-corrected chi connectivity index (χ3v) is 6.23. The summed E-state index contributed by atoms with van der Waals surface area (Å²) in [6.45, 7) is 4.62. The van der Waals surface area contributed by atoms with E-state index in [-0.39, 0.29) is 11.0 Å². The van der Waals surface area contributed by atoms with Gasteiger partial charge in [-0.2, -0.15) is 0 Å². The van der Waals surface area contributed by atoms with Crippen LogP contribution in [-0.2, 0) is 14.6 Å². The summed E-state index contributed by atoms with van der Waals surface area (Å²) in [5, 5.41) is -0.311.